The fourth-order valence-electron chi connectivity index (χ4n) is 9.92. The molecular weight excluding hydrogens is 793 g/mol. The molecule has 0 fully saturated rings. The highest BCUT2D eigenvalue weighted by Gasteiger charge is 2.19. The molecule has 0 radical (unpaired) electrons. The molecule has 66 heavy (non-hydrogen) atoms. The fourth-order valence-corrected chi connectivity index (χ4v) is 9.92. The van der Waals surface area contributed by atoms with Gasteiger partial charge in [-0.05, 0) is 174 Å². The Morgan fingerprint density at radius 3 is 1.20 bits per heavy atom. The molecule has 12 aromatic rings. The summed E-state index contributed by atoms with van der Waals surface area (Å²) in [5.74, 6) is 0. The van der Waals surface area contributed by atoms with Gasteiger partial charge in [-0.25, -0.2) is 0 Å². The van der Waals surface area contributed by atoms with E-state index in [0.29, 0.717) is 0 Å². The molecule has 0 atom stereocenters. The van der Waals surface area contributed by atoms with E-state index >= 15 is 0 Å². The first kappa shape index (κ1) is 43.9. The van der Waals surface area contributed by atoms with E-state index in [1.54, 1.807) is 0 Å². The maximum absolute atomic E-state index is 2.34. The maximum atomic E-state index is 2.34. The van der Waals surface area contributed by atoms with Gasteiger partial charge in [-0.15, -0.1) is 0 Å². The van der Waals surface area contributed by atoms with E-state index in [9.17, 15) is 0 Å². The van der Waals surface area contributed by atoms with Crippen LogP contribution in [0.15, 0.2) is 200 Å². The van der Waals surface area contributed by atoms with Crippen LogP contribution in [-0.2, 0) is 5.41 Å². The molecule has 0 amide bonds. The Morgan fingerprint density at radius 2 is 0.621 bits per heavy atom. The fraction of sp³-hybridized carbons (Fsp3) is 0.152. The first-order chi connectivity index (χ1) is 31.8. The Labute approximate surface area is 391 Å². The molecule has 0 saturated carbocycles. The number of hydrogen-bond donors (Lipinski definition) is 0. The van der Waals surface area contributed by atoms with Gasteiger partial charge in [0.1, 0.15) is 0 Å². The average molecular weight is 853 g/mol. The van der Waals surface area contributed by atoms with Gasteiger partial charge in [0.15, 0.2) is 0 Å². The van der Waals surface area contributed by atoms with Crippen LogP contribution in [0.4, 0.5) is 0 Å². The summed E-state index contributed by atoms with van der Waals surface area (Å²) < 4.78 is 0. The molecule has 0 spiro atoms. The summed E-state index contributed by atoms with van der Waals surface area (Å²) in [4.78, 5) is 0. The second kappa shape index (κ2) is 18.3. The van der Waals surface area contributed by atoms with Crippen molar-refractivity contribution in [2.45, 2.75) is 67.7 Å². The van der Waals surface area contributed by atoms with E-state index in [1.807, 2.05) is 0 Å². The zero-order chi connectivity index (χ0) is 46.1. The van der Waals surface area contributed by atoms with E-state index in [4.69, 9.17) is 0 Å². The topological polar surface area (TPSA) is 0 Å². The van der Waals surface area contributed by atoms with Gasteiger partial charge in [0.25, 0.3) is 0 Å². The van der Waals surface area contributed by atoms with E-state index in [0.717, 1.165) is 0 Å². The Hall–Kier alpha value is -7.28. The van der Waals surface area contributed by atoms with Gasteiger partial charge < -0.3 is 0 Å². The highest BCUT2D eigenvalue weighted by Crippen LogP contribution is 2.36. The van der Waals surface area contributed by atoms with Gasteiger partial charge in [-0.2, -0.15) is 0 Å². The van der Waals surface area contributed by atoms with Gasteiger partial charge in [0, 0.05) is 0 Å². The van der Waals surface area contributed by atoms with Crippen LogP contribution in [0.25, 0.3) is 86.2 Å². The predicted molar refractivity (Wildman–Crippen MR) is 293 cm³/mol. The van der Waals surface area contributed by atoms with Crippen molar-refractivity contribution in [1.82, 2.24) is 0 Å². The van der Waals surface area contributed by atoms with Crippen molar-refractivity contribution >= 4 is 86.2 Å². The van der Waals surface area contributed by atoms with Crippen molar-refractivity contribution in [3.05, 3.63) is 239 Å². The molecule has 0 N–H and O–H groups in total. The lowest BCUT2D eigenvalue weighted by Gasteiger charge is -2.23. The van der Waals surface area contributed by atoms with Crippen LogP contribution < -0.4 is 0 Å². The third-order valence-electron chi connectivity index (χ3n) is 13.0. The minimum atomic E-state index is 0.161. The van der Waals surface area contributed by atoms with Crippen LogP contribution >= 0.6 is 0 Å². The second-order valence-corrected chi connectivity index (χ2v) is 19.5. The predicted octanol–water partition coefficient (Wildman–Crippen LogP) is 19.1. The van der Waals surface area contributed by atoms with Crippen LogP contribution in [0.2, 0.25) is 0 Å². The van der Waals surface area contributed by atoms with Gasteiger partial charge in [-0.3, -0.25) is 0 Å². The molecule has 0 nitrogen and oxygen atoms in total. The van der Waals surface area contributed by atoms with E-state index < -0.39 is 0 Å². The molecule has 0 unspecified atom stereocenters. The van der Waals surface area contributed by atoms with Gasteiger partial charge >= 0.3 is 0 Å². The summed E-state index contributed by atoms with van der Waals surface area (Å²) >= 11 is 0. The van der Waals surface area contributed by atoms with Gasteiger partial charge in [0.05, 0.1) is 0 Å². The van der Waals surface area contributed by atoms with Crippen LogP contribution in [0.3, 0.4) is 0 Å². The lowest BCUT2D eigenvalue weighted by Crippen LogP contribution is -2.12. The van der Waals surface area contributed by atoms with Crippen LogP contribution in [0.1, 0.15) is 59.7 Å². The summed E-state index contributed by atoms with van der Waals surface area (Å²) in [5, 5.41) is 21.5. The van der Waals surface area contributed by atoms with Crippen molar-refractivity contribution in [2.24, 2.45) is 0 Å². The largest absolute Gasteiger partial charge is 0.0616 e. The molecule has 0 saturated heterocycles. The third kappa shape index (κ3) is 9.28. The molecule has 0 aromatic heterocycles. The molecule has 12 rings (SSSR count). The molecule has 0 aliphatic heterocycles. The standard InChI is InChI=1S/C19H20.2C16H14.C15H12/c1-13-11-15-10-9-14-7-5-6-8-16(14)18(15)17(12-13)19(2,3)4;1-11-7-12(2)16-10-14-6-4-3-5-13(14)9-15(16)8-11;1-11-9-12(2)16-14(10-11)8-7-13-5-3-4-6-15(13)16;1-11-6-7-14-9-12-4-2-3-5-13(12)10-15(14)8-11/h5-12H,1-4H3;2*3-10H,1-2H3;2-10H,1H3. The minimum absolute atomic E-state index is 0.161. The van der Waals surface area contributed by atoms with Crippen LogP contribution in [-0.4, -0.2) is 0 Å². The van der Waals surface area contributed by atoms with Crippen LogP contribution in [0.5, 0.6) is 0 Å². The molecule has 12 aromatic carbocycles. The molecule has 0 heteroatoms. The molecule has 0 bridgehead atoms. The molecular formula is C66H60. The SMILES string of the molecule is Cc1cc(C(C)(C)C)c2c(ccc3ccccc32)c1.Cc1cc(C)c2c(ccc3ccccc32)c1.Cc1cc(C)c2cc3ccccc3cc2c1.Cc1ccc2cc3ccccc3cc2c1. The number of aryl methyl sites for hydroxylation is 6. The van der Waals surface area contributed by atoms with Gasteiger partial charge in [0.2, 0.25) is 0 Å². The lowest BCUT2D eigenvalue weighted by atomic mass is 9.81. The van der Waals surface area contributed by atoms with Crippen molar-refractivity contribution in [3.63, 3.8) is 0 Å². The Balaban J connectivity index is 0.000000111. The molecule has 0 heterocycles. The highest BCUT2D eigenvalue weighted by molar-refractivity contribution is 6.10. The first-order valence-corrected chi connectivity index (χ1v) is 23.4. The Kier molecular flexibility index (Phi) is 12.2. The van der Waals surface area contributed by atoms with Crippen molar-refractivity contribution in [1.29, 1.82) is 0 Å². The van der Waals surface area contributed by atoms with E-state index in [-0.39, 0.29) is 5.41 Å². The normalized spacial score (nSPS) is 11.4. The van der Waals surface area contributed by atoms with Gasteiger partial charge in [-0.1, -0.05) is 219 Å². The van der Waals surface area contributed by atoms with E-state index in [1.165, 1.54) is 125 Å². The highest BCUT2D eigenvalue weighted by atomic mass is 14.2. The number of hydrogen-bond acceptors (Lipinski definition) is 0. The molecule has 0 aliphatic rings. The average Bonchev–Trinajstić information content (AvgIpc) is 3.30. The minimum Gasteiger partial charge on any atom is -0.0616 e. The van der Waals surface area contributed by atoms with Crippen LogP contribution in [0, 0.1) is 41.5 Å². The summed E-state index contributed by atoms with van der Waals surface area (Å²) in [5.41, 5.74) is 9.66. The monoisotopic (exact) mass is 852 g/mol. The zero-order valence-corrected chi connectivity index (χ0v) is 40.1. The number of benzene rings is 12. The van der Waals surface area contributed by atoms with Crippen molar-refractivity contribution < 1.29 is 0 Å². The molecule has 0 aliphatic carbocycles. The number of rotatable bonds is 0. The smallest absolute Gasteiger partial charge is 0.00678 e. The first-order valence-electron chi connectivity index (χ1n) is 23.4. The third-order valence-corrected chi connectivity index (χ3v) is 13.0. The maximum Gasteiger partial charge on any atom is -0.00678 e. The van der Waals surface area contributed by atoms with Crippen molar-refractivity contribution in [2.75, 3.05) is 0 Å². The summed E-state index contributed by atoms with van der Waals surface area (Å²) in [6.07, 6.45) is 0. The lowest BCUT2D eigenvalue weighted by molar-refractivity contribution is 0.596. The number of fused-ring (bicyclic) bond motifs is 10. The van der Waals surface area contributed by atoms with Crippen molar-refractivity contribution in [3.8, 4) is 0 Å². The zero-order valence-electron chi connectivity index (χ0n) is 40.1. The second-order valence-electron chi connectivity index (χ2n) is 19.5. The Bertz CT molecular complexity index is 3730. The molecule has 324 valence electrons. The summed E-state index contributed by atoms with van der Waals surface area (Å²) in [6.45, 7) is 19.9. The quantitative estimate of drug-likeness (QED) is 0.105. The Morgan fingerprint density at radius 1 is 0.242 bits per heavy atom. The summed E-state index contributed by atoms with van der Waals surface area (Å²) in [7, 11) is 0. The summed E-state index contributed by atoms with van der Waals surface area (Å²) in [6, 6.07) is 72.5. The van der Waals surface area contributed by atoms with E-state index in [2.05, 4.69) is 263 Å².